The summed E-state index contributed by atoms with van der Waals surface area (Å²) in [6.45, 7) is 9.37. The number of benzene rings is 1. The number of hydrogen-bond acceptors (Lipinski definition) is 4. The van der Waals surface area contributed by atoms with Gasteiger partial charge in [0.25, 0.3) is 0 Å². The van der Waals surface area contributed by atoms with E-state index < -0.39 is 0 Å². The number of nitrogens with zero attached hydrogens (tertiary/aromatic N) is 2. The topological polar surface area (TPSA) is 59.3 Å². The van der Waals surface area contributed by atoms with Crippen molar-refractivity contribution < 1.29 is 9.84 Å². The summed E-state index contributed by atoms with van der Waals surface area (Å²) in [6, 6.07) is 7.93. The van der Waals surface area contributed by atoms with E-state index in [1.807, 2.05) is 28.9 Å². The molecular weight excluding hydrogens is 290 g/mol. The molecule has 126 valence electrons. The third-order valence-electron chi connectivity index (χ3n) is 3.58. The summed E-state index contributed by atoms with van der Waals surface area (Å²) in [5, 5.41) is 17.5. The van der Waals surface area contributed by atoms with Crippen molar-refractivity contribution in [1.29, 1.82) is 0 Å². The molecule has 0 spiro atoms. The van der Waals surface area contributed by atoms with E-state index in [1.54, 1.807) is 14.0 Å². The highest BCUT2D eigenvalue weighted by Crippen LogP contribution is 2.27. The number of hydrogen-bond donors (Lipinski definition) is 2. The minimum absolute atomic E-state index is 0.0872. The van der Waals surface area contributed by atoms with E-state index in [9.17, 15) is 5.11 Å². The van der Waals surface area contributed by atoms with Crippen LogP contribution < -0.4 is 10.1 Å². The van der Waals surface area contributed by atoms with Crippen LogP contribution in [-0.2, 0) is 12.1 Å². The lowest BCUT2D eigenvalue weighted by Crippen LogP contribution is -2.24. The second kappa shape index (κ2) is 7.15. The van der Waals surface area contributed by atoms with Crippen molar-refractivity contribution in [1.82, 2.24) is 15.1 Å². The Morgan fingerprint density at radius 2 is 2.09 bits per heavy atom. The molecule has 5 nitrogen and oxygen atoms in total. The lowest BCUT2D eigenvalue weighted by molar-refractivity contribution is 0.191. The van der Waals surface area contributed by atoms with E-state index in [4.69, 9.17) is 9.84 Å². The monoisotopic (exact) mass is 317 g/mol. The average molecular weight is 317 g/mol. The molecule has 0 bridgehead atoms. The number of nitrogens with one attached hydrogen (secondary N) is 1. The van der Waals surface area contributed by atoms with Crippen LogP contribution >= 0.6 is 0 Å². The van der Waals surface area contributed by atoms with Crippen LogP contribution in [0.2, 0.25) is 0 Å². The van der Waals surface area contributed by atoms with Crippen molar-refractivity contribution in [2.24, 2.45) is 0 Å². The Labute approximate surface area is 138 Å². The van der Waals surface area contributed by atoms with Gasteiger partial charge in [0, 0.05) is 30.4 Å². The maximum Gasteiger partial charge on any atom is 0.119 e. The Morgan fingerprint density at radius 3 is 2.70 bits per heavy atom. The van der Waals surface area contributed by atoms with Gasteiger partial charge in [-0.15, -0.1) is 0 Å². The molecule has 1 unspecified atom stereocenters. The van der Waals surface area contributed by atoms with E-state index in [-0.39, 0.29) is 11.6 Å². The average Bonchev–Trinajstić information content (AvgIpc) is 2.91. The van der Waals surface area contributed by atoms with E-state index in [0.717, 1.165) is 22.6 Å². The maximum absolute atomic E-state index is 9.42. The van der Waals surface area contributed by atoms with Crippen LogP contribution in [-0.4, -0.2) is 34.6 Å². The third-order valence-corrected chi connectivity index (χ3v) is 3.58. The van der Waals surface area contributed by atoms with Gasteiger partial charge in [0.05, 0.1) is 24.4 Å². The molecule has 0 radical (unpaired) electrons. The molecule has 0 fully saturated rings. The summed E-state index contributed by atoms with van der Waals surface area (Å²) < 4.78 is 7.31. The Hall–Kier alpha value is -1.85. The zero-order valence-corrected chi connectivity index (χ0v) is 14.6. The SMILES string of the molecule is COc1cccc(-c2nn(C(C)(C)C)cc2CNCC(C)O)c1. The first-order valence-corrected chi connectivity index (χ1v) is 7.93. The number of aliphatic hydroxyl groups is 1. The summed E-state index contributed by atoms with van der Waals surface area (Å²) in [4.78, 5) is 0. The molecule has 1 aromatic heterocycles. The normalized spacial score (nSPS) is 13.1. The molecule has 2 N–H and O–H groups in total. The zero-order valence-electron chi connectivity index (χ0n) is 14.6. The van der Waals surface area contributed by atoms with Crippen LogP contribution in [0.3, 0.4) is 0 Å². The molecule has 1 atom stereocenters. The standard InChI is InChI=1S/C18H27N3O2/c1-13(22)10-19-11-15-12-21(18(2,3)4)20-17(15)14-7-6-8-16(9-14)23-5/h6-9,12-13,19,22H,10-11H2,1-5H3. The van der Waals surface area contributed by atoms with Crippen molar-refractivity contribution in [2.45, 2.75) is 45.9 Å². The maximum atomic E-state index is 9.42. The van der Waals surface area contributed by atoms with Crippen LogP contribution in [0.4, 0.5) is 0 Å². The molecule has 2 aromatic rings. The number of aliphatic hydroxyl groups excluding tert-OH is 1. The highest BCUT2D eigenvalue weighted by atomic mass is 16.5. The fraction of sp³-hybridized carbons (Fsp3) is 0.500. The molecule has 0 aliphatic carbocycles. The van der Waals surface area contributed by atoms with Gasteiger partial charge in [-0.05, 0) is 39.8 Å². The fourth-order valence-electron chi connectivity index (χ4n) is 2.31. The van der Waals surface area contributed by atoms with Crippen molar-refractivity contribution in [3.05, 3.63) is 36.0 Å². The lowest BCUT2D eigenvalue weighted by atomic mass is 10.1. The van der Waals surface area contributed by atoms with Crippen LogP contribution in [0.5, 0.6) is 5.75 Å². The molecule has 0 amide bonds. The highest BCUT2D eigenvalue weighted by molar-refractivity contribution is 5.64. The van der Waals surface area contributed by atoms with Crippen molar-refractivity contribution in [2.75, 3.05) is 13.7 Å². The van der Waals surface area contributed by atoms with Crippen LogP contribution in [0.1, 0.15) is 33.3 Å². The van der Waals surface area contributed by atoms with E-state index in [1.165, 1.54) is 0 Å². The number of methoxy groups -OCH3 is 1. The van der Waals surface area contributed by atoms with Gasteiger partial charge >= 0.3 is 0 Å². The zero-order chi connectivity index (χ0) is 17.0. The van der Waals surface area contributed by atoms with Crippen molar-refractivity contribution in [3.63, 3.8) is 0 Å². The quantitative estimate of drug-likeness (QED) is 0.860. The first kappa shape index (κ1) is 17.5. The van der Waals surface area contributed by atoms with Crippen LogP contribution in [0.25, 0.3) is 11.3 Å². The molecule has 5 heteroatoms. The minimum atomic E-state index is -0.368. The summed E-state index contributed by atoms with van der Waals surface area (Å²) in [7, 11) is 1.66. The molecule has 1 aromatic carbocycles. The van der Waals surface area contributed by atoms with Gasteiger partial charge in [-0.2, -0.15) is 5.10 Å². The molecule has 0 aliphatic heterocycles. The van der Waals surface area contributed by atoms with Gasteiger partial charge in [-0.1, -0.05) is 12.1 Å². The lowest BCUT2D eigenvalue weighted by Gasteiger charge is -2.18. The molecule has 1 heterocycles. The van der Waals surface area contributed by atoms with Gasteiger partial charge in [-0.25, -0.2) is 0 Å². The first-order valence-electron chi connectivity index (χ1n) is 7.93. The fourth-order valence-corrected chi connectivity index (χ4v) is 2.31. The van der Waals surface area contributed by atoms with E-state index in [0.29, 0.717) is 13.1 Å². The van der Waals surface area contributed by atoms with Crippen molar-refractivity contribution in [3.8, 4) is 17.0 Å². The smallest absolute Gasteiger partial charge is 0.119 e. The predicted octanol–water partition coefficient (Wildman–Crippen LogP) is 2.78. The summed E-state index contributed by atoms with van der Waals surface area (Å²) >= 11 is 0. The number of aromatic nitrogens is 2. The van der Waals surface area contributed by atoms with E-state index >= 15 is 0 Å². The van der Waals surface area contributed by atoms with Crippen LogP contribution in [0.15, 0.2) is 30.5 Å². The minimum Gasteiger partial charge on any atom is -0.497 e. The molecular formula is C18H27N3O2. The van der Waals surface area contributed by atoms with E-state index in [2.05, 4.69) is 32.3 Å². The second-order valence-corrected chi connectivity index (χ2v) is 6.83. The Kier molecular flexibility index (Phi) is 5.44. The molecule has 0 saturated heterocycles. The first-order chi connectivity index (χ1) is 10.8. The molecule has 2 rings (SSSR count). The summed E-state index contributed by atoms with van der Waals surface area (Å²) in [5.41, 5.74) is 2.99. The van der Waals surface area contributed by atoms with Gasteiger partial charge in [0.15, 0.2) is 0 Å². The highest BCUT2D eigenvalue weighted by Gasteiger charge is 2.19. The second-order valence-electron chi connectivity index (χ2n) is 6.83. The van der Waals surface area contributed by atoms with Gasteiger partial charge in [0.1, 0.15) is 5.75 Å². The third kappa shape index (κ3) is 4.56. The van der Waals surface area contributed by atoms with Gasteiger partial charge in [-0.3, -0.25) is 4.68 Å². The summed E-state index contributed by atoms with van der Waals surface area (Å²) in [5.74, 6) is 0.815. The van der Waals surface area contributed by atoms with Gasteiger partial charge < -0.3 is 15.2 Å². The van der Waals surface area contributed by atoms with Crippen molar-refractivity contribution >= 4 is 0 Å². The number of rotatable bonds is 6. The largest absolute Gasteiger partial charge is 0.497 e. The molecule has 0 aliphatic rings. The summed E-state index contributed by atoms with van der Waals surface area (Å²) in [6.07, 6.45) is 1.71. The number of ether oxygens (including phenoxy) is 1. The Balaban J connectivity index is 2.36. The Bertz CT molecular complexity index is 642. The molecule has 23 heavy (non-hydrogen) atoms. The van der Waals surface area contributed by atoms with Gasteiger partial charge in [0.2, 0.25) is 0 Å². The van der Waals surface area contributed by atoms with Crippen LogP contribution in [0, 0.1) is 0 Å². The Morgan fingerprint density at radius 1 is 1.35 bits per heavy atom. The predicted molar refractivity (Wildman–Crippen MR) is 92.6 cm³/mol. The molecule has 0 saturated carbocycles.